The van der Waals surface area contributed by atoms with E-state index in [9.17, 15) is 58.6 Å². The van der Waals surface area contributed by atoms with Crippen LogP contribution in [0.1, 0.15) is 81.6 Å². The van der Waals surface area contributed by atoms with E-state index in [4.69, 9.17) is 36.6 Å². The molecule has 0 spiro atoms. The van der Waals surface area contributed by atoms with Gasteiger partial charge in [0.25, 0.3) is 0 Å². The van der Waals surface area contributed by atoms with Gasteiger partial charge in [-0.25, -0.2) is 0 Å². The van der Waals surface area contributed by atoms with Gasteiger partial charge in [-0.3, -0.25) is 62.8 Å². The highest BCUT2D eigenvalue weighted by Crippen LogP contribution is 2.51. The summed E-state index contributed by atoms with van der Waals surface area (Å²) >= 11 is 9.45. The van der Waals surface area contributed by atoms with Crippen molar-refractivity contribution in [1.82, 2.24) is 19.6 Å². The van der Waals surface area contributed by atoms with Crippen LogP contribution in [0, 0.1) is 11.3 Å². The van der Waals surface area contributed by atoms with E-state index in [1.165, 1.54) is 38.9 Å². The molecule has 2 fully saturated rings. The van der Waals surface area contributed by atoms with Crippen LogP contribution in [-0.2, 0) is 195 Å². The molecule has 10 rings (SSSR count). The van der Waals surface area contributed by atoms with Crippen molar-refractivity contribution in [3.05, 3.63) is 89.5 Å². The van der Waals surface area contributed by atoms with Gasteiger partial charge in [0.05, 0.1) is 57.1 Å². The van der Waals surface area contributed by atoms with E-state index in [1.54, 1.807) is 151 Å². The van der Waals surface area contributed by atoms with E-state index < -0.39 is 79.0 Å². The van der Waals surface area contributed by atoms with Gasteiger partial charge in [-0.1, -0.05) is 7.43 Å². The molecule has 1 unspecified atom stereocenters. The van der Waals surface area contributed by atoms with E-state index in [2.05, 4.69) is 6.07 Å². The fourth-order valence-electron chi connectivity index (χ4n) is 13.5. The molecule has 10 atom stereocenters. The molecule has 6 aliphatic heterocycles. The van der Waals surface area contributed by atoms with E-state index in [1.807, 2.05) is 21.7 Å². The minimum absolute atomic E-state index is 0. The van der Waals surface area contributed by atoms with Crippen LogP contribution in [0.4, 0.5) is 0 Å². The van der Waals surface area contributed by atoms with Crippen molar-refractivity contribution in [2.75, 3.05) is 41.5 Å². The molecule has 34 heteroatoms. The Bertz CT molecular complexity index is 4130. The first kappa shape index (κ1) is 72.3. The number of ether oxygens (including phenoxy) is 3. The zero-order chi connectivity index (χ0) is 63.8. The van der Waals surface area contributed by atoms with Gasteiger partial charge >= 0.3 is 5.97 Å². The van der Waals surface area contributed by atoms with Gasteiger partial charge in [0.15, 0.2) is 46.2 Å². The van der Waals surface area contributed by atoms with Crippen LogP contribution in [0.2, 0.25) is 0 Å². The second-order valence-corrected chi connectivity index (χ2v) is 44.1. The van der Waals surface area contributed by atoms with Crippen molar-refractivity contribution in [3.8, 4) is 6.07 Å². The molecule has 476 valence electrons. The predicted octanol–water partition coefficient (Wildman–Crippen LogP) is 1.70. The summed E-state index contributed by atoms with van der Waals surface area (Å²) in [4.78, 5) is 126. The summed E-state index contributed by atoms with van der Waals surface area (Å²) in [6, 6.07) is -3.65. The summed E-state index contributed by atoms with van der Waals surface area (Å²) < 4.78 is 16.0. The Morgan fingerprint density at radius 1 is 0.523 bits per heavy atom. The van der Waals surface area contributed by atoms with Crippen molar-refractivity contribution in [2.24, 2.45) is 0 Å². The van der Waals surface area contributed by atoms with Crippen molar-refractivity contribution in [1.29, 1.82) is 5.26 Å². The monoisotopic (exact) mass is 1480 g/mol. The number of nitrogens with zero attached hydrogens (tertiary/aromatic N) is 5. The molecule has 2 N–H and O–H groups in total. The summed E-state index contributed by atoms with van der Waals surface area (Å²) in [5.74, 6) is -3.03. The third-order valence-electron chi connectivity index (χ3n) is 17.5. The standard InChI is InChI=1S/C27H30N2O8.C26H27N3O6.CH4.S15/c1-10-11(2)24(33)19-14(22(10)31)7-16-21-20-15(23(32)12(3)26(36-6)25(20)34)8-17(28(21)5)27(35)29(16)18(19)9-37-13(4)30;1-10-11(2)24(33)19-13(22(10)31)7-16-21-20-14(23(32)12(3)26(35-5)25(20)34)6-15(28(21)4)17(8-27)29(16)18(19)9-30;;1-3-5-7-9-11-13-15-14-12-10-8-6-4-2/h16-18,21,27,35H,7-9H2,1-6H3;15-18,21,30H,6-7,9H2,1-5H3;1H4;/t16-,17-,18-,21-,27-;15-,16-,17?,18-,21-;;/m00../s1. The molecule has 0 saturated carbocycles. The molecule has 0 aromatic heterocycles. The van der Waals surface area contributed by atoms with Crippen molar-refractivity contribution < 1.29 is 67.6 Å². The van der Waals surface area contributed by atoms with Gasteiger partial charge < -0.3 is 24.4 Å². The maximum Gasteiger partial charge on any atom is 0.302 e. The molecule has 88 heavy (non-hydrogen) atoms. The van der Waals surface area contributed by atoms with Crippen LogP contribution in [-0.4, -0.2) is 184 Å². The molecule has 0 aromatic carbocycles. The summed E-state index contributed by atoms with van der Waals surface area (Å²) in [5, 5.41) is 32.4. The number of hydrogen-bond acceptors (Lipinski definition) is 21. The minimum Gasteiger partial charge on any atom is -0.492 e. The Hall–Kier alpha value is -3.10. The number of esters is 1. The van der Waals surface area contributed by atoms with Gasteiger partial charge in [0, 0.05) is 241 Å². The molecule has 10 aliphatic rings. The highest BCUT2D eigenvalue weighted by molar-refractivity contribution is 8.76. The molecule has 19 nitrogen and oxygen atoms in total. The maximum atomic E-state index is 13.6. The highest BCUT2D eigenvalue weighted by atomic mass is 33.5. The average Bonchev–Trinajstić information content (AvgIpc) is 0.713. The Kier molecular flexibility index (Phi) is 25.3. The molecule has 4 bridgehead atoms. The fourth-order valence-corrected chi connectivity index (χ4v) is 43.7. The number of carbonyl (C=O) groups is 9. The molecule has 2 saturated heterocycles. The number of piperazine rings is 2. The Morgan fingerprint density at radius 2 is 0.864 bits per heavy atom. The van der Waals surface area contributed by atoms with E-state index >= 15 is 0 Å². The predicted molar refractivity (Wildman–Crippen MR) is 369 cm³/mol. The summed E-state index contributed by atoms with van der Waals surface area (Å²) in [6.07, 6.45) is -0.616. The number of carbonyl (C=O) groups excluding carboxylic acids is 9. The Labute approximate surface area is 556 Å². The van der Waals surface area contributed by atoms with Crippen LogP contribution >= 0.6 is 0 Å². The van der Waals surface area contributed by atoms with E-state index in [0.29, 0.717) is 55.7 Å². The number of rotatable bonds is 5. The zero-order valence-corrected chi connectivity index (χ0v) is 60.4. The van der Waals surface area contributed by atoms with Crippen molar-refractivity contribution >= 4 is 190 Å². The largest absolute Gasteiger partial charge is 0.492 e. The van der Waals surface area contributed by atoms with Gasteiger partial charge in [-0.05, 0) is 81.3 Å². The van der Waals surface area contributed by atoms with Gasteiger partial charge in [0.1, 0.15) is 18.9 Å². The number of hydrogen-bond donors (Lipinski definition) is 2. The summed E-state index contributed by atoms with van der Waals surface area (Å²) in [6.45, 7) is 10.1. The number of likely N-dealkylation sites (N-methyl/N-ethyl adjacent to an activating group) is 2. The van der Waals surface area contributed by atoms with Crippen LogP contribution in [0.15, 0.2) is 89.5 Å². The Morgan fingerprint density at radius 3 is 1.25 bits per heavy atom. The average molecular weight is 1490 g/mol. The number of fused-ring (bicyclic) bond motifs is 10. The smallest absolute Gasteiger partial charge is 0.302 e. The molecular weight excluding hydrogens is 1420 g/mol. The van der Waals surface area contributed by atoms with E-state index in [-0.39, 0.29) is 114 Å². The third-order valence-corrected chi connectivity index (χ3v) is 44.2. The molecule has 0 aromatic rings. The molecule has 0 amide bonds. The second kappa shape index (κ2) is 30.8. The Balaban J connectivity index is 0.000000203. The fraction of sp³-hybridized carbons (Fsp3) is 0.519. The first-order chi connectivity index (χ1) is 41.4. The number of methoxy groups -OCH3 is 2. The SMILES string of the molecule is C.COC1=C(C)C(=O)C2=C(C1=O)[C@@H]1[C@@H]3CC4=C(C(=O)C(C)=C(C)C4=O)[C@H](CO)N3C(C#N)[C@H](C2)N1C.COC1=C(C)C(=O)C2=C(C1=O)[C@@H]1[C@@H]3CC4=C(C(=O)C(C)=C(C)C4=O)[C@H](COC(C)=O)N3[C@@H](O)[C@H](C2)N1C.S=S=S=S=S=S=S=S=S=S=S=S=S=S=S. The number of allylic oxidation sites excluding steroid dienone is 8. The van der Waals surface area contributed by atoms with Gasteiger partial charge in [-0.2, -0.15) is 5.26 Å². The van der Waals surface area contributed by atoms with Crippen LogP contribution in [0.25, 0.3) is 0 Å². The van der Waals surface area contributed by atoms with Crippen molar-refractivity contribution in [3.63, 3.8) is 0 Å². The quantitative estimate of drug-likeness (QED) is 0.293. The zero-order valence-electron chi connectivity index (χ0n) is 48.2. The number of ketones is 8. The molecule has 6 heterocycles. The lowest BCUT2D eigenvalue weighted by Crippen LogP contribution is -2.74. The minimum atomic E-state index is -1.15. The molecular formula is C54H61N5O14S15. The number of Topliss-reactive ketones (excluding diaryl/α,β-unsaturated/α-hetero) is 8. The number of aliphatic hydroxyl groups is 2. The lowest BCUT2D eigenvalue weighted by atomic mass is 9.67. The first-order valence-corrected chi connectivity index (χ1v) is 45.0. The van der Waals surface area contributed by atoms with Crippen LogP contribution in [0.3, 0.4) is 0 Å². The number of nitriles is 1. The van der Waals surface area contributed by atoms with E-state index in [0.717, 1.165) is 0 Å². The summed E-state index contributed by atoms with van der Waals surface area (Å²) in [7, 11) is 28.0. The number of aliphatic hydroxyl groups excluding tert-OH is 2. The molecule has 4 aliphatic carbocycles. The van der Waals surface area contributed by atoms with Gasteiger partial charge in [0.2, 0.25) is 11.6 Å². The second-order valence-electron chi connectivity index (χ2n) is 21.1. The lowest BCUT2D eigenvalue weighted by molar-refractivity contribution is -0.171. The summed E-state index contributed by atoms with van der Waals surface area (Å²) in [5.41, 5.74) is 4.29. The highest BCUT2D eigenvalue weighted by Gasteiger charge is 2.61. The first-order valence-electron chi connectivity index (χ1n) is 26.3. The lowest BCUT2D eigenvalue weighted by Gasteiger charge is -2.60. The molecule has 0 radical (unpaired) electrons. The third kappa shape index (κ3) is 13.1. The van der Waals surface area contributed by atoms with Gasteiger partial charge in [-0.15, -0.1) is 0 Å². The normalized spacial score (nSPS) is 28.3. The topological polar surface area (TPSA) is 259 Å². The maximum absolute atomic E-state index is 13.6. The van der Waals surface area contributed by atoms with Crippen LogP contribution < -0.4 is 0 Å². The van der Waals surface area contributed by atoms with Crippen LogP contribution in [0.5, 0.6) is 0 Å². The van der Waals surface area contributed by atoms with Crippen molar-refractivity contribution in [2.45, 2.75) is 142 Å².